The average molecular weight is 153 g/mol. The molecule has 1 unspecified atom stereocenters. The van der Waals surface area contributed by atoms with Crippen molar-refractivity contribution in [3.63, 3.8) is 0 Å². The van der Waals surface area contributed by atoms with Crippen molar-refractivity contribution in [1.29, 1.82) is 0 Å². The van der Waals surface area contributed by atoms with Gasteiger partial charge < -0.3 is 5.21 Å². The first-order chi connectivity index (χ1) is 5.38. The third-order valence-corrected chi connectivity index (χ3v) is 2.29. The topological polar surface area (TPSA) is 32.6 Å². The fraction of sp³-hybridized carbons (Fsp3) is 0.667. The molecule has 1 fully saturated rings. The molecular weight excluding hydrogens is 138 g/mol. The first-order valence-electron chi connectivity index (χ1n) is 4.20. The molecule has 1 N–H and O–H groups in total. The minimum absolute atomic E-state index is 0.464. The van der Waals surface area contributed by atoms with E-state index in [0.29, 0.717) is 5.92 Å². The largest absolute Gasteiger partial charge is 0.411 e. The summed E-state index contributed by atoms with van der Waals surface area (Å²) in [5.74, 6) is 0.464. The molecule has 0 aromatic rings. The molecule has 0 aromatic carbocycles. The van der Waals surface area contributed by atoms with E-state index in [2.05, 4.69) is 11.7 Å². The second-order valence-corrected chi connectivity index (χ2v) is 3.06. The minimum Gasteiger partial charge on any atom is -0.411 e. The van der Waals surface area contributed by atoms with Crippen LogP contribution in [0.15, 0.2) is 17.8 Å². The highest BCUT2D eigenvalue weighted by molar-refractivity contribution is 5.86. The van der Waals surface area contributed by atoms with Gasteiger partial charge >= 0.3 is 0 Å². The molecule has 0 aliphatic heterocycles. The number of allylic oxidation sites excluding steroid dienone is 1. The van der Waals surface area contributed by atoms with Gasteiger partial charge in [-0.3, -0.25) is 0 Å². The molecule has 0 aromatic heterocycles. The number of hydrogen-bond acceptors (Lipinski definition) is 2. The lowest BCUT2D eigenvalue weighted by Crippen LogP contribution is -2.18. The number of rotatable bonds is 2. The van der Waals surface area contributed by atoms with Gasteiger partial charge in [0.25, 0.3) is 0 Å². The van der Waals surface area contributed by atoms with Gasteiger partial charge in [0, 0.05) is 5.92 Å². The Morgan fingerprint density at radius 1 is 1.64 bits per heavy atom. The minimum atomic E-state index is 0.464. The van der Waals surface area contributed by atoms with Gasteiger partial charge in [-0.05, 0) is 25.7 Å². The van der Waals surface area contributed by atoms with E-state index >= 15 is 0 Å². The summed E-state index contributed by atoms with van der Waals surface area (Å²) in [6, 6.07) is 0. The molecule has 1 atom stereocenters. The Bertz CT molecular complexity index is 163. The molecule has 0 spiro atoms. The highest BCUT2D eigenvalue weighted by Gasteiger charge is 2.18. The van der Waals surface area contributed by atoms with Gasteiger partial charge in [0.2, 0.25) is 0 Å². The Labute approximate surface area is 67.6 Å². The molecule has 11 heavy (non-hydrogen) atoms. The van der Waals surface area contributed by atoms with E-state index in [9.17, 15) is 0 Å². The first-order valence-corrected chi connectivity index (χ1v) is 4.20. The highest BCUT2D eigenvalue weighted by Crippen LogP contribution is 2.24. The molecule has 1 aliphatic carbocycles. The third-order valence-electron chi connectivity index (χ3n) is 2.29. The molecule has 1 aliphatic rings. The summed E-state index contributed by atoms with van der Waals surface area (Å²) >= 11 is 0. The van der Waals surface area contributed by atoms with Crippen LogP contribution in [0.4, 0.5) is 0 Å². The third kappa shape index (κ3) is 2.07. The van der Waals surface area contributed by atoms with Crippen LogP contribution in [0.25, 0.3) is 0 Å². The summed E-state index contributed by atoms with van der Waals surface area (Å²) < 4.78 is 0. The lowest BCUT2D eigenvalue weighted by Gasteiger charge is -2.21. The molecule has 0 radical (unpaired) electrons. The number of nitrogens with zero attached hydrogens (tertiary/aromatic N) is 1. The maximum atomic E-state index is 8.64. The fourth-order valence-corrected chi connectivity index (χ4v) is 1.65. The summed E-state index contributed by atoms with van der Waals surface area (Å²) in [6.07, 6.45) is 7.42. The second-order valence-electron chi connectivity index (χ2n) is 3.06. The molecule has 0 bridgehead atoms. The Balaban J connectivity index is 2.51. The second kappa shape index (κ2) is 4.16. The number of oxime groups is 1. The van der Waals surface area contributed by atoms with Crippen LogP contribution in [-0.4, -0.2) is 10.9 Å². The van der Waals surface area contributed by atoms with Gasteiger partial charge in [-0.25, -0.2) is 0 Å². The maximum Gasteiger partial charge on any atom is 0.0604 e. The fourth-order valence-electron chi connectivity index (χ4n) is 1.65. The van der Waals surface area contributed by atoms with Gasteiger partial charge in [-0.1, -0.05) is 17.7 Å². The molecule has 0 saturated heterocycles. The molecule has 1 rings (SSSR count). The Morgan fingerprint density at radius 2 is 2.45 bits per heavy atom. The van der Waals surface area contributed by atoms with Crippen LogP contribution in [-0.2, 0) is 0 Å². The van der Waals surface area contributed by atoms with Crippen LogP contribution >= 0.6 is 0 Å². The van der Waals surface area contributed by atoms with E-state index in [-0.39, 0.29) is 0 Å². The standard InChI is InChI=1S/C9H15NO/c1-2-5-8-6-3-4-7-9(8)10-11/h2,8,11H,1,3-7H2/b10-9-. The maximum absolute atomic E-state index is 8.64. The van der Waals surface area contributed by atoms with E-state index < -0.39 is 0 Å². The average Bonchev–Trinajstić information content (AvgIpc) is 2.06. The Morgan fingerprint density at radius 3 is 3.09 bits per heavy atom. The van der Waals surface area contributed by atoms with Crippen LogP contribution in [0.5, 0.6) is 0 Å². The van der Waals surface area contributed by atoms with E-state index in [1.165, 1.54) is 12.8 Å². The SMILES string of the molecule is C=CCC1CCCC/C1=N/O. The van der Waals surface area contributed by atoms with Crippen molar-refractivity contribution in [3.05, 3.63) is 12.7 Å². The monoisotopic (exact) mass is 153 g/mol. The van der Waals surface area contributed by atoms with Gasteiger partial charge in [0.1, 0.15) is 0 Å². The summed E-state index contributed by atoms with van der Waals surface area (Å²) in [4.78, 5) is 0. The summed E-state index contributed by atoms with van der Waals surface area (Å²) in [7, 11) is 0. The Kier molecular flexibility index (Phi) is 3.14. The molecule has 0 amide bonds. The van der Waals surface area contributed by atoms with Crippen molar-refractivity contribution < 1.29 is 5.21 Å². The van der Waals surface area contributed by atoms with Crippen molar-refractivity contribution >= 4 is 5.71 Å². The molecule has 62 valence electrons. The quantitative estimate of drug-likeness (QED) is 0.369. The van der Waals surface area contributed by atoms with Crippen LogP contribution in [0.1, 0.15) is 32.1 Å². The van der Waals surface area contributed by atoms with Crippen molar-refractivity contribution in [2.24, 2.45) is 11.1 Å². The van der Waals surface area contributed by atoms with Crippen LogP contribution in [0.3, 0.4) is 0 Å². The lowest BCUT2D eigenvalue weighted by molar-refractivity contribution is 0.309. The van der Waals surface area contributed by atoms with Gasteiger partial charge in [0.05, 0.1) is 5.71 Å². The van der Waals surface area contributed by atoms with Crippen LogP contribution in [0.2, 0.25) is 0 Å². The van der Waals surface area contributed by atoms with Crippen molar-refractivity contribution in [3.8, 4) is 0 Å². The zero-order valence-corrected chi connectivity index (χ0v) is 6.79. The van der Waals surface area contributed by atoms with E-state index in [0.717, 1.165) is 25.0 Å². The zero-order valence-electron chi connectivity index (χ0n) is 6.79. The van der Waals surface area contributed by atoms with E-state index in [4.69, 9.17) is 5.21 Å². The number of hydrogen-bond donors (Lipinski definition) is 1. The lowest BCUT2D eigenvalue weighted by atomic mass is 9.85. The highest BCUT2D eigenvalue weighted by atomic mass is 16.4. The summed E-state index contributed by atoms with van der Waals surface area (Å²) in [6.45, 7) is 3.69. The van der Waals surface area contributed by atoms with E-state index in [1.807, 2.05) is 6.08 Å². The Hall–Kier alpha value is -0.790. The van der Waals surface area contributed by atoms with Gasteiger partial charge in [0.15, 0.2) is 0 Å². The smallest absolute Gasteiger partial charge is 0.0604 e. The molecule has 2 nitrogen and oxygen atoms in total. The predicted molar refractivity (Wildman–Crippen MR) is 46.0 cm³/mol. The predicted octanol–water partition coefficient (Wildman–Crippen LogP) is 2.58. The summed E-state index contributed by atoms with van der Waals surface area (Å²) in [5, 5.41) is 12.0. The normalized spacial score (nSPS) is 28.7. The van der Waals surface area contributed by atoms with Gasteiger partial charge in [-0.2, -0.15) is 0 Å². The molecule has 1 saturated carbocycles. The summed E-state index contributed by atoms with van der Waals surface area (Å²) in [5.41, 5.74) is 0.969. The molecule has 0 heterocycles. The zero-order chi connectivity index (χ0) is 8.10. The van der Waals surface area contributed by atoms with Crippen molar-refractivity contribution in [2.75, 3.05) is 0 Å². The van der Waals surface area contributed by atoms with Crippen molar-refractivity contribution in [1.82, 2.24) is 0 Å². The van der Waals surface area contributed by atoms with E-state index in [1.54, 1.807) is 0 Å². The van der Waals surface area contributed by atoms with Gasteiger partial charge in [-0.15, -0.1) is 6.58 Å². The van der Waals surface area contributed by atoms with Crippen molar-refractivity contribution in [2.45, 2.75) is 32.1 Å². The first kappa shape index (κ1) is 8.31. The molecule has 2 heteroatoms. The van der Waals surface area contributed by atoms with Crippen LogP contribution < -0.4 is 0 Å². The van der Waals surface area contributed by atoms with Crippen LogP contribution in [0, 0.1) is 5.92 Å². The molecular formula is C9H15NO.